The van der Waals surface area contributed by atoms with Crippen molar-refractivity contribution in [2.45, 2.75) is 38.0 Å². The summed E-state index contributed by atoms with van der Waals surface area (Å²) in [6.45, 7) is 0. The first kappa shape index (κ1) is 12.2. The number of H-pyrrole nitrogens is 1. The van der Waals surface area contributed by atoms with Gasteiger partial charge in [0.15, 0.2) is 0 Å². The number of nitrogens with two attached hydrogens (primary N) is 1. The number of hydrogen-bond acceptors (Lipinski definition) is 2. The van der Waals surface area contributed by atoms with Crippen LogP contribution in [-0.4, -0.2) is 10.2 Å². The normalized spacial score (nSPS) is 16.7. The third kappa shape index (κ3) is 2.35. The molecule has 0 unspecified atom stereocenters. The van der Waals surface area contributed by atoms with Gasteiger partial charge in [0.2, 0.25) is 0 Å². The number of halogens is 1. The van der Waals surface area contributed by atoms with Crippen LogP contribution in [0, 0.1) is 5.82 Å². The average molecular weight is 259 g/mol. The molecule has 100 valence electrons. The monoisotopic (exact) mass is 259 g/mol. The summed E-state index contributed by atoms with van der Waals surface area (Å²) in [7, 11) is 0. The third-order valence-electron chi connectivity index (χ3n) is 4.03. The van der Waals surface area contributed by atoms with Crippen LogP contribution in [0.5, 0.6) is 0 Å². The number of anilines is 1. The fourth-order valence-corrected chi connectivity index (χ4v) is 2.97. The van der Waals surface area contributed by atoms with Crippen molar-refractivity contribution in [3.05, 3.63) is 35.8 Å². The van der Waals surface area contributed by atoms with Gasteiger partial charge in [-0.05, 0) is 36.0 Å². The van der Waals surface area contributed by atoms with Gasteiger partial charge in [-0.2, -0.15) is 5.10 Å². The molecule has 0 spiro atoms. The maximum atomic E-state index is 14.3. The summed E-state index contributed by atoms with van der Waals surface area (Å²) in [4.78, 5) is 0. The van der Waals surface area contributed by atoms with Gasteiger partial charge in [-0.3, -0.25) is 5.10 Å². The standard InChI is InChI=1S/C15H18FN3/c16-14-8-11(13-9-18-19-15(13)17)6-7-12(14)10-4-2-1-3-5-10/h6-10H,1-5H2,(H3,17,18,19). The molecule has 0 radical (unpaired) electrons. The lowest BCUT2D eigenvalue weighted by Gasteiger charge is -2.22. The Kier molecular flexibility index (Phi) is 3.23. The Morgan fingerprint density at radius 1 is 1.21 bits per heavy atom. The predicted octanol–water partition coefficient (Wildman–Crippen LogP) is 3.85. The number of hydrogen-bond donors (Lipinski definition) is 2. The molecule has 3 nitrogen and oxygen atoms in total. The molecule has 1 aromatic heterocycles. The molecule has 0 bridgehead atoms. The summed E-state index contributed by atoms with van der Waals surface area (Å²) in [6, 6.07) is 5.42. The van der Waals surface area contributed by atoms with Crippen molar-refractivity contribution in [1.82, 2.24) is 10.2 Å². The smallest absolute Gasteiger partial charge is 0.127 e. The summed E-state index contributed by atoms with van der Waals surface area (Å²) in [5.41, 5.74) is 8.15. The number of nitrogens with zero attached hydrogens (tertiary/aromatic N) is 1. The van der Waals surface area contributed by atoms with Crippen molar-refractivity contribution < 1.29 is 4.39 Å². The maximum Gasteiger partial charge on any atom is 0.127 e. The Morgan fingerprint density at radius 3 is 2.63 bits per heavy atom. The van der Waals surface area contributed by atoms with Crippen LogP contribution in [0.4, 0.5) is 10.2 Å². The van der Waals surface area contributed by atoms with Crippen molar-refractivity contribution in [2.24, 2.45) is 0 Å². The van der Waals surface area contributed by atoms with Crippen molar-refractivity contribution in [1.29, 1.82) is 0 Å². The molecule has 1 heterocycles. The lowest BCUT2D eigenvalue weighted by molar-refractivity contribution is 0.430. The van der Waals surface area contributed by atoms with Crippen LogP contribution in [0.1, 0.15) is 43.6 Å². The molecule has 19 heavy (non-hydrogen) atoms. The topological polar surface area (TPSA) is 54.7 Å². The molecule has 1 fully saturated rings. The molecule has 3 rings (SSSR count). The largest absolute Gasteiger partial charge is 0.384 e. The Bertz CT molecular complexity index is 571. The highest BCUT2D eigenvalue weighted by Gasteiger charge is 2.19. The van der Waals surface area contributed by atoms with Crippen LogP contribution in [-0.2, 0) is 0 Å². The average Bonchev–Trinajstić information content (AvgIpc) is 2.86. The summed E-state index contributed by atoms with van der Waals surface area (Å²) in [6.07, 6.45) is 7.53. The summed E-state index contributed by atoms with van der Waals surface area (Å²) >= 11 is 0. The van der Waals surface area contributed by atoms with Crippen LogP contribution < -0.4 is 5.73 Å². The molecule has 0 atom stereocenters. The van der Waals surface area contributed by atoms with Crippen LogP contribution in [0.15, 0.2) is 24.4 Å². The number of aromatic nitrogens is 2. The van der Waals surface area contributed by atoms with Crippen LogP contribution in [0.25, 0.3) is 11.1 Å². The highest BCUT2D eigenvalue weighted by atomic mass is 19.1. The second kappa shape index (κ2) is 5.03. The van der Waals surface area contributed by atoms with E-state index in [9.17, 15) is 4.39 Å². The molecule has 1 aliphatic carbocycles. The van der Waals surface area contributed by atoms with Gasteiger partial charge in [0.25, 0.3) is 0 Å². The van der Waals surface area contributed by atoms with Gasteiger partial charge in [-0.1, -0.05) is 31.4 Å². The molecular weight excluding hydrogens is 241 g/mol. The molecule has 0 aliphatic heterocycles. The quantitative estimate of drug-likeness (QED) is 0.860. The van der Waals surface area contributed by atoms with E-state index in [4.69, 9.17) is 5.73 Å². The zero-order chi connectivity index (χ0) is 13.2. The molecule has 0 saturated heterocycles. The molecule has 1 aliphatic rings. The molecule has 1 aromatic carbocycles. The zero-order valence-corrected chi connectivity index (χ0v) is 10.8. The SMILES string of the molecule is Nc1[nH]ncc1-c1ccc(C2CCCCC2)c(F)c1. The van der Waals surface area contributed by atoms with E-state index in [0.717, 1.165) is 29.5 Å². The molecule has 1 saturated carbocycles. The lowest BCUT2D eigenvalue weighted by atomic mass is 9.83. The summed E-state index contributed by atoms with van der Waals surface area (Å²) in [5.74, 6) is 0.735. The van der Waals surface area contributed by atoms with Gasteiger partial charge in [0.05, 0.1) is 6.20 Å². The molecule has 0 amide bonds. The van der Waals surface area contributed by atoms with Crippen molar-refractivity contribution in [3.8, 4) is 11.1 Å². The molecule has 2 aromatic rings. The molecular formula is C15H18FN3. The Hall–Kier alpha value is -1.84. The minimum Gasteiger partial charge on any atom is -0.384 e. The minimum atomic E-state index is -0.120. The van der Waals surface area contributed by atoms with E-state index in [1.54, 1.807) is 12.3 Å². The first-order chi connectivity index (χ1) is 9.25. The van der Waals surface area contributed by atoms with Crippen LogP contribution >= 0.6 is 0 Å². The van der Waals surface area contributed by atoms with Crippen molar-refractivity contribution >= 4 is 5.82 Å². The van der Waals surface area contributed by atoms with E-state index >= 15 is 0 Å². The minimum absolute atomic E-state index is 0.120. The number of nitrogen functional groups attached to an aromatic ring is 1. The van der Waals surface area contributed by atoms with E-state index in [0.29, 0.717) is 11.7 Å². The number of nitrogens with one attached hydrogen (secondary N) is 1. The second-order valence-corrected chi connectivity index (χ2v) is 5.27. The zero-order valence-electron chi connectivity index (χ0n) is 10.8. The van der Waals surface area contributed by atoms with E-state index < -0.39 is 0 Å². The fraction of sp³-hybridized carbons (Fsp3) is 0.400. The highest BCUT2D eigenvalue weighted by Crippen LogP contribution is 2.35. The van der Waals surface area contributed by atoms with E-state index in [-0.39, 0.29) is 5.82 Å². The highest BCUT2D eigenvalue weighted by molar-refractivity contribution is 5.73. The van der Waals surface area contributed by atoms with Gasteiger partial charge in [-0.15, -0.1) is 0 Å². The van der Waals surface area contributed by atoms with Crippen molar-refractivity contribution in [2.75, 3.05) is 5.73 Å². The Morgan fingerprint density at radius 2 is 2.00 bits per heavy atom. The summed E-state index contributed by atoms with van der Waals surface area (Å²) in [5, 5.41) is 6.54. The number of aromatic amines is 1. The lowest BCUT2D eigenvalue weighted by Crippen LogP contribution is -2.06. The maximum absolute atomic E-state index is 14.3. The van der Waals surface area contributed by atoms with E-state index in [2.05, 4.69) is 10.2 Å². The second-order valence-electron chi connectivity index (χ2n) is 5.27. The summed E-state index contributed by atoms with van der Waals surface area (Å²) < 4.78 is 14.3. The first-order valence-corrected chi connectivity index (χ1v) is 6.84. The third-order valence-corrected chi connectivity index (χ3v) is 4.03. The molecule has 3 N–H and O–H groups in total. The number of benzene rings is 1. The van der Waals surface area contributed by atoms with Gasteiger partial charge >= 0.3 is 0 Å². The molecule has 4 heteroatoms. The van der Waals surface area contributed by atoms with Crippen LogP contribution in [0.2, 0.25) is 0 Å². The van der Waals surface area contributed by atoms with E-state index in [1.165, 1.54) is 19.3 Å². The van der Waals surface area contributed by atoms with Gasteiger partial charge in [0, 0.05) is 5.56 Å². The first-order valence-electron chi connectivity index (χ1n) is 6.84. The number of rotatable bonds is 2. The fourth-order valence-electron chi connectivity index (χ4n) is 2.97. The van der Waals surface area contributed by atoms with Gasteiger partial charge < -0.3 is 5.73 Å². The van der Waals surface area contributed by atoms with Gasteiger partial charge in [-0.25, -0.2) is 4.39 Å². The van der Waals surface area contributed by atoms with Crippen molar-refractivity contribution in [3.63, 3.8) is 0 Å². The predicted molar refractivity (Wildman–Crippen MR) is 74.2 cm³/mol. The van der Waals surface area contributed by atoms with Gasteiger partial charge in [0.1, 0.15) is 11.6 Å². The van der Waals surface area contributed by atoms with E-state index in [1.807, 2.05) is 12.1 Å². The van der Waals surface area contributed by atoms with Crippen LogP contribution in [0.3, 0.4) is 0 Å². The Balaban J connectivity index is 1.91. The Labute approximate surface area is 112 Å².